The lowest BCUT2D eigenvalue weighted by Gasteiger charge is -2.22. The van der Waals surface area contributed by atoms with Gasteiger partial charge < -0.3 is 35.4 Å². The molecule has 8 heteroatoms. The van der Waals surface area contributed by atoms with Crippen LogP contribution in [0.15, 0.2) is 0 Å². The van der Waals surface area contributed by atoms with Crippen LogP contribution in [0.3, 0.4) is 0 Å². The fraction of sp³-hybridized carbons (Fsp3) is 0.846. The lowest BCUT2D eigenvalue weighted by molar-refractivity contribution is -0.137. The minimum atomic E-state index is -1.79. The van der Waals surface area contributed by atoms with E-state index in [2.05, 4.69) is 6.92 Å². The zero-order chi connectivity index (χ0) is 16.8. The SMILES string of the molecule is CCCCCCC(=O)O.O=CC(O)C(O)C(O)C(O)CO. The van der Waals surface area contributed by atoms with Gasteiger partial charge in [0.15, 0.2) is 6.29 Å². The molecule has 0 radical (unpaired) electrons. The minimum absolute atomic E-state index is 0.0258. The summed E-state index contributed by atoms with van der Waals surface area (Å²) in [6, 6.07) is 0. The highest BCUT2D eigenvalue weighted by molar-refractivity contribution is 5.66. The van der Waals surface area contributed by atoms with Crippen LogP contribution in [0.1, 0.15) is 39.0 Å². The summed E-state index contributed by atoms with van der Waals surface area (Å²) in [4.78, 5) is 19.9. The predicted molar refractivity (Wildman–Crippen MR) is 73.6 cm³/mol. The third-order valence-electron chi connectivity index (χ3n) is 2.66. The van der Waals surface area contributed by atoms with Crippen LogP contribution in [0.4, 0.5) is 0 Å². The molecule has 0 amide bonds. The van der Waals surface area contributed by atoms with Gasteiger partial charge in [0.1, 0.15) is 24.4 Å². The number of carbonyl (C=O) groups excluding carboxylic acids is 1. The van der Waals surface area contributed by atoms with Crippen molar-refractivity contribution in [3.05, 3.63) is 0 Å². The fourth-order valence-electron chi connectivity index (χ4n) is 1.32. The molecule has 0 fully saturated rings. The van der Waals surface area contributed by atoms with E-state index in [9.17, 15) is 9.59 Å². The van der Waals surface area contributed by atoms with E-state index in [-0.39, 0.29) is 6.29 Å². The number of carbonyl (C=O) groups is 2. The van der Waals surface area contributed by atoms with Crippen molar-refractivity contribution < 1.29 is 40.2 Å². The Morgan fingerprint density at radius 3 is 2.00 bits per heavy atom. The van der Waals surface area contributed by atoms with Crippen molar-refractivity contribution in [3.8, 4) is 0 Å². The number of carboxylic acids is 1. The zero-order valence-corrected chi connectivity index (χ0v) is 12.1. The first kappa shape index (κ1) is 22.2. The second-order valence-electron chi connectivity index (χ2n) is 4.56. The molecule has 4 atom stereocenters. The first-order valence-electron chi connectivity index (χ1n) is 6.81. The first-order chi connectivity index (χ1) is 9.81. The molecule has 8 nitrogen and oxygen atoms in total. The number of hydrogen-bond donors (Lipinski definition) is 6. The van der Waals surface area contributed by atoms with Crippen molar-refractivity contribution in [3.63, 3.8) is 0 Å². The zero-order valence-electron chi connectivity index (χ0n) is 12.1. The number of carboxylic acid groups (broad SMARTS) is 1. The number of hydrogen-bond acceptors (Lipinski definition) is 7. The molecule has 0 aromatic carbocycles. The highest BCUT2D eigenvalue weighted by atomic mass is 16.4. The summed E-state index contributed by atoms with van der Waals surface area (Å²) in [5, 5.41) is 51.7. The molecule has 0 aliphatic carbocycles. The molecular weight excluding hydrogens is 284 g/mol. The molecule has 21 heavy (non-hydrogen) atoms. The van der Waals surface area contributed by atoms with E-state index in [1.165, 1.54) is 6.42 Å². The van der Waals surface area contributed by atoms with E-state index in [1.54, 1.807) is 0 Å². The molecule has 0 aliphatic rings. The molecule has 0 aromatic rings. The van der Waals surface area contributed by atoms with Crippen molar-refractivity contribution in [2.45, 2.75) is 63.4 Å². The lowest BCUT2D eigenvalue weighted by Crippen LogP contribution is -2.46. The number of aldehydes is 1. The van der Waals surface area contributed by atoms with Crippen molar-refractivity contribution in [1.82, 2.24) is 0 Å². The Kier molecular flexibility index (Phi) is 14.7. The second kappa shape index (κ2) is 13.9. The van der Waals surface area contributed by atoms with Crippen molar-refractivity contribution >= 4 is 12.3 Å². The monoisotopic (exact) mass is 310 g/mol. The highest BCUT2D eigenvalue weighted by Crippen LogP contribution is 2.03. The van der Waals surface area contributed by atoms with Crippen LogP contribution < -0.4 is 0 Å². The van der Waals surface area contributed by atoms with Crippen molar-refractivity contribution in [2.75, 3.05) is 6.61 Å². The largest absolute Gasteiger partial charge is 0.481 e. The van der Waals surface area contributed by atoms with Gasteiger partial charge in [0, 0.05) is 6.42 Å². The molecule has 4 unspecified atom stereocenters. The third kappa shape index (κ3) is 12.4. The molecule has 0 spiro atoms. The standard InChI is InChI=1S/C7H14O2.C6H12O6/c1-2-3-4-5-6-7(8)9;7-1-3(9)5(11)6(12)4(10)2-8/h2-6H2,1H3,(H,8,9);1,3-6,8-12H,2H2. The van der Waals surface area contributed by atoms with E-state index < -0.39 is 37.0 Å². The van der Waals surface area contributed by atoms with Crippen molar-refractivity contribution in [2.24, 2.45) is 0 Å². The van der Waals surface area contributed by atoms with Crippen LogP contribution in [0, 0.1) is 0 Å². The molecule has 0 heterocycles. The molecule has 0 aromatic heterocycles. The summed E-state index contributed by atoms with van der Waals surface area (Å²) in [6.45, 7) is 1.35. The third-order valence-corrected chi connectivity index (χ3v) is 2.66. The topological polar surface area (TPSA) is 156 Å². The Balaban J connectivity index is 0. The summed E-state index contributed by atoms with van der Waals surface area (Å²) >= 11 is 0. The van der Waals surface area contributed by atoms with Crippen LogP contribution in [0.5, 0.6) is 0 Å². The lowest BCUT2D eigenvalue weighted by atomic mass is 10.0. The van der Waals surface area contributed by atoms with Gasteiger partial charge in [0.25, 0.3) is 0 Å². The van der Waals surface area contributed by atoms with E-state index in [1.807, 2.05) is 0 Å². The number of aliphatic hydroxyl groups is 5. The molecule has 0 aliphatic heterocycles. The predicted octanol–water partition coefficient (Wildman–Crippen LogP) is -1.34. The van der Waals surface area contributed by atoms with Gasteiger partial charge in [0.2, 0.25) is 0 Å². The van der Waals surface area contributed by atoms with Gasteiger partial charge in [0.05, 0.1) is 6.61 Å². The maximum atomic E-state index is 9.96. The first-order valence-corrected chi connectivity index (χ1v) is 6.81. The average molecular weight is 310 g/mol. The maximum absolute atomic E-state index is 9.96. The summed E-state index contributed by atoms with van der Waals surface area (Å²) < 4.78 is 0. The Hall–Kier alpha value is -1.06. The van der Waals surface area contributed by atoms with Gasteiger partial charge in [-0.05, 0) is 6.42 Å². The van der Waals surface area contributed by atoms with Crippen LogP contribution in [-0.4, -0.2) is 73.9 Å². The van der Waals surface area contributed by atoms with Crippen LogP contribution in [0.2, 0.25) is 0 Å². The van der Waals surface area contributed by atoms with E-state index in [4.69, 9.17) is 30.6 Å². The van der Waals surface area contributed by atoms with Gasteiger partial charge in [-0.3, -0.25) is 4.79 Å². The Morgan fingerprint density at radius 2 is 1.62 bits per heavy atom. The van der Waals surface area contributed by atoms with Gasteiger partial charge in [-0.25, -0.2) is 0 Å². The van der Waals surface area contributed by atoms with Gasteiger partial charge >= 0.3 is 5.97 Å². The highest BCUT2D eigenvalue weighted by Gasteiger charge is 2.29. The summed E-state index contributed by atoms with van der Waals surface area (Å²) in [7, 11) is 0. The summed E-state index contributed by atoms with van der Waals surface area (Å²) in [6.07, 6.45) is -2.28. The second-order valence-corrected chi connectivity index (χ2v) is 4.56. The quantitative estimate of drug-likeness (QED) is 0.214. The summed E-state index contributed by atoms with van der Waals surface area (Å²) in [5.41, 5.74) is 0. The fourth-order valence-corrected chi connectivity index (χ4v) is 1.32. The van der Waals surface area contributed by atoms with E-state index >= 15 is 0 Å². The number of rotatable bonds is 10. The molecule has 126 valence electrons. The normalized spacial score (nSPS) is 16.1. The van der Waals surface area contributed by atoms with E-state index in [0.29, 0.717) is 6.42 Å². The van der Waals surface area contributed by atoms with Crippen LogP contribution in [-0.2, 0) is 9.59 Å². The molecule has 0 rings (SSSR count). The maximum Gasteiger partial charge on any atom is 0.303 e. The van der Waals surface area contributed by atoms with Gasteiger partial charge in [-0.15, -0.1) is 0 Å². The van der Waals surface area contributed by atoms with Crippen molar-refractivity contribution in [1.29, 1.82) is 0 Å². The summed E-state index contributed by atoms with van der Waals surface area (Å²) in [5.74, 6) is -0.675. The molecule has 0 saturated carbocycles. The van der Waals surface area contributed by atoms with E-state index in [0.717, 1.165) is 19.3 Å². The van der Waals surface area contributed by atoms with Crippen LogP contribution in [0.25, 0.3) is 0 Å². The molecule has 0 saturated heterocycles. The number of aliphatic carboxylic acids is 1. The Bertz CT molecular complexity index is 271. The minimum Gasteiger partial charge on any atom is -0.481 e. The van der Waals surface area contributed by atoms with Gasteiger partial charge in [-0.1, -0.05) is 26.2 Å². The number of aliphatic hydroxyl groups excluding tert-OH is 5. The van der Waals surface area contributed by atoms with Gasteiger partial charge in [-0.2, -0.15) is 0 Å². The Morgan fingerprint density at radius 1 is 1.05 bits per heavy atom. The number of unbranched alkanes of at least 4 members (excludes halogenated alkanes) is 3. The average Bonchev–Trinajstić information content (AvgIpc) is 2.48. The molecule has 0 bridgehead atoms. The van der Waals surface area contributed by atoms with Crippen LogP contribution >= 0.6 is 0 Å². The molecular formula is C13H26O8. The Labute approximate surface area is 123 Å². The molecule has 6 N–H and O–H groups in total. The smallest absolute Gasteiger partial charge is 0.303 e.